The first-order valence-corrected chi connectivity index (χ1v) is 8.06. The predicted octanol–water partition coefficient (Wildman–Crippen LogP) is 5.60. The predicted molar refractivity (Wildman–Crippen MR) is 88.2 cm³/mol. The summed E-state index contributed by atoms with van der Waals surface area (Å²) in [4.78, 5) is 0. The highest BCUT2D eigenvalue weighted by Gasteiger charge is 2.38. The van der Waals surface area contributed by atoms with Gasteiger partial charge in [-0.05, 0) is 54.7 Å². The quantitative estimate of drug-likeness (QED) is 0.765. The molecule has 0 saturated heterocycles. The molecule has 0 aromatic heterocycles. The summed E-state index contributed by atoms with van der Waals surface area (Å²) in [6, 6.07) is 9.17. The molecule has 0 bridgehead atoms. The molecular formula is C18H28ClN. The summed E-state index contributed by atoms with van der Waals surface area (Å²) in [6.45, 7) is 11.8. The van der Waals surface area contributed by atoms with Gasteiger partial charge in [-0.25, -0.2) is 0 Å². The molecule has 1 aliphatic rings. The van der Waals surface area contributed by atoms with Gasteiger partial charge in [0.1, 0.15) is 0 Å². The fourth-order valence-corrected chi connectivity index (χ4v) is 4.29. The van der Waals surface area contributed by atoms with E-state index in [-0.39, 0.29) is 0 Å². The van der Waals surface area contributed by atoms with E-state index in [0.29, 0.717) is 22.9 Å². The second kappa shape index (κ2) is 5.69. The molecule has 1 fully saturated rings. The smallest absolute Gasteiger partial charge is 0.0406 e. The SMILES string of the molecule is CC(NC1CC(C)(C)CC(C)(C)C1)c1ccc(Cl)cc1. The fraction of sp³-hybridized carbons (Fsp3) is 0.667. The van der Waals surface area contributed by atoms with Gasteiger partial charge in [0.25, 0.3) is 0 Å². The molecule has 1 saturated carbocycles. The topological polar surface area (TPSA) is 12.0 Å². The first-order valence-electron chi connectivity index (χ1n) is 7.68. The van der Waals surface area contributed by atoms with E-state index >= 15 is 0 Å². The van der Waals surface area contributed by atoms with E-state index in [1.807, 2.05) is 12.1 Å². The van der Waals surface area contributed by atoms with Crippen molar-refractivity contribution in [3.05, 3.63) is 34.9 Å². The molecule has 2 heteroatoms. The third-order valence-corrected chi connectivity index (χ3v) is 4.66. The van der Waals surface area contributed by atoms with Crippen molar-refractivity contribution in [2.45, 2.75) is 66.0 Å². The molecule has 1 aromatic carbocycles. The lowest BCUT2D eigenvalue weighted by Gasteiger charge is -2.46. The van der Waals surface area contributed by atoms with Crippen LogP contribution in [-0.2, 0) is 0 Å². The molecule has 20 heavy (non-hydrogen) atoms. The highest BCUT2D eigenvalue weighted by atomic mass is 35.5. The lowest BCUT2D eigenvalue weighted by Crippen LogP contribution is -2.44. The number of nitrogens with one attached hydrogen (secondary N) is 1. The Morgan fingerprint density at radius 1 is 1.05 bits per heavy atom. The first kappa shape index (κ1) is 15.9. The highest BCUT2D eigenvalue weighted by Crippen LogP contribution is 2.46. The van der Waals surface area contributed by atoms with Gasteiger partial charge < -0.3 is 5.32 Å². The van der Waals surface area contributed by atoms with Crippen LogP contribution in [0.5, 0.6) is 0 Å². The zero-order valence-electron chi connectivity index (χ0n) is 13.5. The van der Waals surface area contributed by atoms with Gasteiger partial charge in [0, 0.05) is 17.1 Å². The van der Waals surface area contributed by atoms with Crippen molar-refractivity contribution >= 4 is 11.6 Å². The first-order chi connectivity index (χ1) is 9.17. The lowest BCUT2D eigenvalue weighted by atomic mass is 9.63. The average molecular weight is 294 g/mol. The molecule has 0 aliphatic heterocycles. The summed E-state index contributed by atoms with van der Waals surface area (Å²) in [5.74, 6) is 0. The summed E-state index contributed by atoms with van der Waals surface area (Å²) >= 11 is 5.96. The number of halogens is 1. The van der Waals surface area contributed by atoms with Crippen LogP contribution in [0.4, 0.5) is 0 Å². The summed E-state index contributed by atoms with van der Waals surface area (Å²) in [5, 5.41) is 4.63. The Balaban J connectivity index is 2.03. The zero-order valence-corrected chi connectivity index (χ0v) is 14.2. The van der Waals surface area contributed by atoms with E-state index in [1.165, 1.54) is 24.8 Å². The molecule has 1 nitrogen and oxygen atoms in total. The highest BCUT2D eigenvalue weighted by molar-refractivity contribution is 6.30. The van der Waals surface area contributed by atoms with Gasteiger partial charge >= 0.3 is 0 Å². The maximum atomic E-state index is 5.96. The Morgan fingerprint density at radius 2 is 1.55 bits per heavy atom. The number of rotatable bonds is 3. The molecule has 2 rings (SSSR count). The molecular weight excluding hydrogens is 266 g/mol. The Morgan fingerprint density at radius 3 is 2.05 bits per heavy atom. The number of hydrogen-bond donors (Lipinski definition) is 1. The normalized spacial score (nSPS) is 23.5. The standard InChI is InChI=1S/C18H28ClN/c1-13(14-6-8-15(19)9-7-14)20-16-10-17(2,3)12-18(4,5)11-16/h6-9,13,16,20H,10-12H2,1-5H3. The van der Waals surface area contributed by atoms with E-state index in [1.54, 1.807) is 0 Å². The van der Waals surface area contributed by atoms with Crippen LogP contribution in [0.2, 0.25) is 5.02 Å². The zero-order chi connectivity index (χ0) is 15.0. The molecule has 1 N–H and O–H groups in total. The van der Waals surface area contributed by atoms with Crippen LogP contribution in [0.25, 0.3) is 0 Å². The Kier molecular flexibility index (Phi) is 4.51. The van der Waals surface area contributed by atoms with Gasteiger partial charge in [-0.1, -0.05) is 51.4 Å². The van der Waals surface area contributed by atoms with Crippen molar-refractivity contribution in [2.24, 2.45) is 10.8 Å². The largest absolute Gasteiger partial charge is 0.307 e. The van der Waals surface area contributed by atoms with Crippen LogP contribution in [0, 0.1) is 10.8 Å². The van der Waals surface area contributed by atoms with Crippen LogP contribution < -0.4 is 5.32 Å². The van der Waals surface area contributed by atoms with E-state index in [2.05, 4.69) is 52.1 Å². The second-order valence-corrected chi connectivity index (χ2v) is 8.49. The van der Waals surface area contributed by atoms with Crippen LogP contribution in [0.3, 0.4) is 0 Å². The molecule has 1 unspecified atom stereocenters. The van der Waals surface area contributed by atoms with Gasteiger partial charge in [-0.15, -0.1) is 0 Å². The van der Waals surface area contributed by atoms with Gasteiger partial charge in [0.05, 0.1) is 0 Å². The molecule has 1 aromatic rings. The third-order valence-electron chi connectivity index (χ3n) is 4.41. The van der Waals surface area contributed by atoms with Crippen molar-refractivity contribution in [3.63, 3.8) is 0 Å². The van der Waals surface area contributed by atoms with Gasteiger partial charge in [0.2, 0.25) is 0 Å². The van der Waals surface area contributed by atoms with Crippen molar-refractivity contribution in [1.82, 2.24) is 5.32 Å². The average Bonchev–Trinajstić information content (AvgIpc) is 2.25. The van der Waals surface area contributed by atoms with Crippen LogP contribution in [-0.4, -0.2) is 6.04 Å². The molecule has 112 valence electrons. The van der Waals surface area contributed by atoms with E-state index in [4.69, 9.17) is 11.6 Å². The minimum absolute atomic E-state index is 0.377. The van der Waals surface area contributed by atoms with Crippen molar-refractivity contribution in [3.8, 4) is 0 Å². The monoisotopic (exact) mass is 293 g/mol. The van der Waals surface area contributed by atoms with E-state index in [0.717, 1.165) is 5.02 Å². The molecule has 1 atom stereocenters. The van der Waals surface area contributed by atoms with Crippen molar-refractivity contribution in [1.29, 1.82) is 0 Å². The maximum absolute atomic E-state index is 5.96. The second-order valence-electron chi connectivity index (χ2n) is 8.05. The van der Waals surface area contributed by atoms with Gasteiger partial charge in [0.15, 0.2) is 0 Å². The molecule has 1 aliphatic carbocycles. The van der Waals surface area contributed by atoms with Crippen LogP contribution in [0.15, 0.2) is 24.3 Å². The molecule has 0 amide bonds. The maximum Gasteiger partial charge on any atom is 0.0406 e. The lowest BCUT2D eigenvalue weighted by molar-refractivity contribution is 0.0811. The number of hydrogen-bond acceptors (Lipinski definition) is 1. The molecule has 0 radical (unpaired) electrons. The summed E-state index contributed by atoms with van der Waals surface area (Å²) in [6.07, 6.45) is 3.83. The summed E-state index contributed by atoms with van der Waals surface area (Å²) in [5.41, 5.74) is 2.17. The Bertz CT molecular complexity index is 431. The van der Waals surface area contributed by atoms with E-state index < -0.39 is 0 Å². The third kappa shape index (κ3) is 4.23. The Hall–Kier alpha value is -0.530. The van der Waals surface area contributed by atoms with Crippen molar-refractivity contribution < 1.29 is 0 Å². The van der Waals surface area contributed by atoms with Crippen molar-refractivity contribution in [2.75, 3.05) is 0 Å². The van der Waals surface area contributed by atoms with Crippen LogP contribution in [0.1, 0.15) is 65.5 Å². The van der Waals surface area contributed by atoms with Crippen LogP contribution >= 0.6 is 11.6 Å². The summed E-state index contributed by atoms with van der Waals surface area (Å²) < 4.78 is 0. The van der Waals surface area contributed by atoms with E-state index in [9.17, 15) is 0 Å². The molecule has 0 spiro atoms. The minimum atomic E-state index is 0.377. The van der Waals surface area contributed by atoms with Gasteiger partial charge in [-0.2, -0.15) is 0 Å². The fourth-order valence-electron chi connectivity index (χ4n) is 4.17. The summed E-state index contributed by atoms with van der Waals surface area (Å²) in [7, 11) is 0. The number of benzene rings is 1. The minimum Gasteiger partial charge on any atom is -0.307 e. The van der Waals surface area contributed by atoms with Gasteiger partial charge in [-0.3, -0.25) is 0 Å². The molecule has 0 heterocycles. The Labute approximate surface area is 129 Å².